The van der Waals surface area contributed by atoms with Crippen molar-refractivity contribution in [2.75, 3.05) is 4.72 Å². The van der Waals surface area contributed by atoms with Crippen molar-refractivity contribution in [3.63, 3.8) is 0 Å². The fourth-order valence-corrected chi connectivity index (χ4v) is 2.61. The summed E-state index contributed by atoms with van der Waals surface area (Å²) in [6.45, 7) is 0. The van der Waals surface area contributed by atoms with Crippen molar-refractivity contribution in [1.82, 2.24) is 10.2 Å². The van der Waals surface area contributed by atoms with Crippen molar-refractivity contribution < 1.29 is 12.8 Å². The lowest BCUT2D eigenvalue weighted by atomic mass is 10.3. The highest BCUT2D eigenvalue weighted by Crippen LogP contribution is 2.21. The number of nitrogens with one attached hydrogen (secondary N) is 2. The summed E-state index contributed by atoms with van der Waals surface area (Å²) in [7, 11) is -3.95. The number of hydrogen-bond acceptors (Lipinski definition) is 3. The van der Waals surface area contributed by atoms with Crippen molar-refractivity contribution in [2.45, 2.75) is 4.90 Å². The van der Waals surface area contributed by atoms with Crippen molar-refractivity contribution in [1.29, 1.82) is 0 Å². The van der Waals surface area contributed by atoms with Crippen molar-refractivity contribution in [3.05, 3.63) is 40.8 Å². The van der Waals surface area contributed by atoms with E-state index in [1.54, 1.807) is 0 Å². The molecule has 0 aliphatic rings. The third-order valence-electron chi connectivity index (χ3n) is 1.93. The quantitative estimate of drug-likeness (QED) is 0.909. The zero-order valence-electron chi connectivity index (χ0n) is 8.31. The second kappa shape index (κ2) is 4.46. The first-order valence-corrected chi connectivity index (χ1v) is 6.74. The molecule has 0 amide bonds. The maximum absolute atomic E-state index is 13.5. The van der Waals surface area contributed by atoms with Gasteiger partial charge in [0.15, 0.2) is 0 Å². The average molecular weight is 320 g/mol. The first kappa shape index (κ1) is 12.1. The Morgan fingerprint density at radius 1 is 1.35 bits per heavy atom. The zero-order chi connectivity index (χ0) is 12.5. The number of halogens is 2. The van der Waals surface area contributed by atoms with E-state index in [-0.39, 0.29) is 5.82 Å². The van der Waals surface area contributed by atoms with Gasteiger partial charge in [-0.05, 0) is 18.2 Å². The lowest BCUT2D eigenvalue weighted by molar-refractivity contribution is 0.569. The summed E-state index contributed by atoms with van der Waals surface area (Å²) < 4.78 is 39.8. The predicted octanol–water partition coefficient (Wildman–Crippen LogP) is 2.11. The Labute approximate surface area is 105 Å². The summed E-state index contributed by atoms with van der Waals surface area (Å²) in [5.41, 5.74) is 0. The molecule has 0 aliphatic carbocycles. The van der Waals surface area contributed by atoms with Gasteiger partial charge in [0.1, 0.15) is 16.5 Å². The molecular formula is C9H7BrFN3O2S. The van der Waals surface area contributed by atoms with E-state index in [1.807, 2.05) is 0 Å². The largest absolute Gasteiger partial charge is 0.265 e. The minimum Gasteiger partial charge on any atom is -0.264 e. The van der Waals surface area contributed by atoms with Gasteiger partial charge in [-0.15, -0.1) is 0 Å². The van der Waals surface area contributed by atoms with Crippen molar-refractivity contribution >= 4 is 31.8 Å². The van der Waals surface area contributed by atoms with Crippen LogP contribution in [-0.4, -0.2) is 18.6 Å². The molecule has 0 radical (unpaired) electrons. The standard InChI is InChI=1S/C9H7BrFN3O2S/c10-6-1-2-8(7(11)5-6)17(15,16)14-9-3-4-12-13-9/h1-5H,(H2,12,13,14). The number of hydrogen-bond donors (Lipinski definition) is 2. The molecule has 90 valence electrons. The highest BCUT2D eigenvalue weighted by atomic mass is 79.9. The maximum Gasteiger partial charge on any atom is 0.265 e. The maximum atomic E-state index is 13.5. The highest BCUT2D eigenvalue weighted by molar-refractivity contribution is 9.10. The van der Waals surface area contributed by atoms with E-state index in [0.29, 0.717) is 4.47 Å². The number of anilines is 1. The zero-order valence-corrected chi connectivity index (χ0v) is 10.7. The van der Waals surface area contributed by atoms with Crippen molar-refractivity contribution in [3.8, 4) is 0 Å². The third kappa shape index (κ3) is 2.64. The molecule has 2 rings (SSSR count). The van der Waals surface area contributed by atoms with E-state index >= 15 is 0 Å². The normalized spacial score (nSPS) is 11.4. The molecule has 2 N–H and O–H groups in total. The summed E-state index contributed by atoms with van der Waals surface area (Å²) in [4.78, 5) is -0.421. The molecule has 0 aliphatic heterocycles. The fraction of sp³-hybridized carbons (Fsp3) is 0. The van der Waals surface area contributed by atoms with Gasteiger partial charge in [0.05, 0.1) is 6.20 Å². The van der Waals surface area contributed by atoms with Crippen LogP contribution in [0.1, 0.15) is 0 Å². The topological polar surface area (TPSA) is 74.8 Å². The van der Waals surface area contributed by atoms with Crippen molar-refractivity contribution in [2.24, 2.45) is 0 Å². The lowest BCUT2D eigenvalue weighted by Gasteiger charge is -2.06. The molecule has 1 aromatic carbocycles. The van der Waals surface area contributed by atoms with Gasteiger partial charge in [-0.25, -0.2) is 12.8 Å². The second-order valence-corrected chi connectivity index (χ2v) is 5.72. The Morgan fingerprint density at radius 3 is 2.71 bits per heavy atom. The van der Waals surface area contributed by atoms with E-state index in [9.17, 15) is 12.8 Å². The summed E-state index contributed by atoms with van der Waals surface area (Å²) in [5, 5.41) is 6.01. The van der Waals surface area contributed by atoms with Gasteiger partial charge in [0.2, 0.25) is 0 Å². The van der Waals surface area contributed by atoms with Crippen LogP contribution < -0.4 is 4.72 Å². The molecule has 0 fully saturated rings. The molecule has 0 saturated heterocycles. The monoisotopic (exact) mass is 319 g/mol. The Hall–Kier alpha value is -1.41. The highest BCUT2D eigenvalue weighted by Gasteiger charge is 2.19. The number of benzene rings is 1. The van der Waals surface area contributed by atoms with Gasteiger partial charge in [-0.1, -0.05) is 15.9 Å². The summed E-state index contributed by atoms with van der Waals surface area (Å²) >= 11 is 3.05. The van der Waals surface area contributed by atoms with Crippen LogP contribution in [0.25, 0.3) is 0 Å². The molecule has 0 saturated carbocycles. The number of aromatic nitrogens is 2. The van der Waals surface area contributed by atoms with Gasteiger partial charge in [0, 0.05) is 10.5 Å². The average Bonchev–Trinajstić information content (AvgIpc) is 2.68. The fourth-order valence-electron chi connectivity index (χ4n) is 1.21. The lowest BCUT2D eigenvalue weighted by Crippen LogP contribution is -2.14. The van der Waals surface area contributed by atoms with Gasteiger partial charge in [0.25, 0.3) is 10.0 Å². The van der Waals surface area contributed by atoms with Gasteiger partial charge < -0.3 is 0 Å². The number of rotatable bonds is 3. The van der Waals surface area contributed by atoms with Crippen LogP contribution in [0.4, 0.5) is 10.2 Å². The molecule has 2 aromatic rings. The molecule has 5 nitrogen and oxygen atoms in total. The molecule has 0 spiro atoms. The first-order chi connectivity index (χ1) is 7.99. The molecular weight excluding hydrogens is 313 g/mol. The smallest absolute Gasteiger partial charge is 0.264 e. The Kier molecular flexibility index (Phi) is 3.16. The van der Waals surface area contributed by atoms with E-state index in [4.69, 9.17) is 0 Å². The molecule has 0 unspecified atom stereocenters. The first-order valence-electron chi connectivity index (χ1n) is 4.46. The minimum absolute atomic E-state index is 0.173. The van der Waals surface area contributed by atoms with Crippen LogP contribution in [0.2, 0.25) is 0 Å². The van der Waals surface area contributed by atoms with Crippen LogP contribution in [0, 0.1) is 5.82 Å². The number of aromatic amines is 1. The molecule has 0 atom stereocenters. The van der Waals surface area contributed by atoms with E-state index in [1.165, 1.54) is 24.4 Å². The van der Waals surface area contributed by atoms with Crippen LogP contribution in [0.5, 0.6) is 0 Å². The molecule has 1 aromatic heterocycles. The van der Waals surface area contributed by atoms with Crippen LogP contribution in [0.15, 0.2) is 39.8 Å². The van der Waals surface area contributed by atoms with Crippen LogP contribution >= 0.6 is 15.9 Å². The summed E-state index contributed by atoms with van der Waals surface area (Å²) in [6, 6.07) is 5.14. The Morgan fingerprint density at radius 2 is 2.12 bits per heavy atom. The van der Waals surface area contributed by atoms with Crippen LogP contribution in [-0.2, 0) is 10.0 Å². The van der Waals surface area contributed by atoms with E-state index in [0.717, 1.165) is 6.07 Å². The minimum atomic E-state index is -3.95. The number of sulfonamides is 1. The van der Waals surface area contributed by atoms with E-state index in [2.05, 4.69) is 30.8 Å². The SMILES string of the molecule is O=S(=O)(Nc1ccn[nH]1)c1ccc(Br)cc1F. The Balaban J connectivity index is 2.38. The molecule has 17 heavy (non-hydrogen) atoms. The molecule has 0 bridgehead atoms. The number of nitrogens with zero attached hydrogens (tertiary/aromatic N) is 1. The number of H-pyrrole nitrogens is 1. The molecule has 8 heteroatoms. The van der Waals surface area contributed by atoms with E-state index < -0.39 is 20.7 Å². The van der Waals surface area contributed by atoms with Gasteiger partial charge in [-0.2, -0.15) is 5.10 Å². The predicted molar refractivity (Wildman–Crippen MR) is 63.5 cm³/mol. The Bertz CT molecular complexity index is 628. The van der Waals surface area contributed by atoms with Crippen LogP contribution in [0.3, 0.4) is 0 Å². The second-order valence-electron chi connectivity index (χ2n) is 3.15. The summed E-state index contributed by atoms with van der Waals surface area (Å²) in [6.07, 6.45) is 1.38. The van der Waals surface area contributed by atoms with Gasteiger partial charge >= 0.3 is 0 Å². The third-order valence-corrected chi connectivity index (χ3v) is 3.82. The summed E-state index contributed by atoms with van der Waals surface area (Å²) in [5.74, 6) is -0.654. The molecule has 1 heterocycles. The van der Waals surface area contributed by atoms with Gasteiger partial charge in [-0.3, -0.25) is 9.82 Å².